The number of hydrogen-bond acceptors (Lipinski definition) is 1. The highest BCUT2D eigenvalue weighted by Gasteiger charge is 2.32. The van der Waals surface area contributed by atoms with Crippen molar-refractivity contribution in [3.63, 3.8) is 0 Å². The third kappa shape index (κ3) is 3.23. The standard InChI is InChI=1S/C11H13F3O/c1-7-3-4-9(5-8(2)15)6-10(7)11(12,13)14/h3-4,6,8,15H,5H2,1-2H3/t8-/m1/s1. The number of hydrogen-bond donors (Lipinski definition) is 1. The lowest BCUT2D eigenvalue weighted by Crippen LogP contribution is -2.10. The zero-order valence-electron chi connectivity index (χ0n) is 8.60. The fourth-order valence-electron chi connectivity index (χ4n) is 1.44. The Morgan fingerprint density at radius 1 is 1.33 bits per heavy atom. The van der Waals surface area contributed by atoms with Crippen LogP contribution >= 0.6 is 0 Å². The number of rotatable bonds is 2. The Morgan fingerprint density at radius 2 is 1.93 bits per heavy atom. The molecular weight excluding hydrogens is 205 g/mol. The average Bonchev–Trinajstić information content (AvgIpc) is 2.05. The molecule has 0 unspecified atom stereocenters. The van der Waals surface area contributed by atoms with Gasteiger partial charge in [-0.05, 0) is 37.5 Å². The van der Waals surface area contributed by atoms with Crippen molar-refractivity contribution in [2.75, 3.05) is 0 Å². The van der Waals surface area contributed by atoms with Gasteiger partial charge in [0.15, 0.2) is 0 Å². The smallest absolute Gasteiger partial charge is 0.393 e. The van der Waals surface area contributed by atoms with Crippen molar-refractivity contribution in [2.24, 2.45) is 0 Å². The molecule has 0 saturated heterocycles. The first-order valence-corrected chi connectivity index (χ1v) is 4.65. The van der Waals surface area contributed by atoms with Crippen LogP contribution < -0.4 is 0 Å². The monoisotopic (exact) mass is 218 g/mol. The summed E-state index contributed by atoms with van der Waals surface area (Å²) < 4.78 is 37.5. The van der Waals surface area contributed by atoms with Crippen molar-refractivity contribution in [1.29, 1.82) is 0 Å². The molecule has 0 aliphatic carbocycles. The molecule has 15 heavy (non-hydrogen) atoms. The minimum atomic E-state index is -4.32. The van der Waals surface area contributed by atoms with Gasteiger partial charge >= 0.3 is 6.18 Å². The molecule has 0 aliphatic rings. The molecule has 1 aromatic rings. The van der Waals surface area contributed by atoms with Gasteiger partial charge in [-0.3, -0.25) is 0 Å². The summed E-state index contributed by atoms with van der Waals surface area (Å²) in [4.78, 5) is 0. The van der Waals surface area contributed by atoms with E-state index in [9.17, 15) is 13.2 Å². The van der Waals surface area contributed by atoms with Crippen molar-refractivity contribution < 1.29 is 18.3 Å². The number of aliphatic hydroxyl groups is 1. The molecule has 0 radical (unpaired) electrons. The highest BCUT2D eigenvalue weighted by molar-refractivity contribution is 5.33. The summed E-state index contributed by atoms with van der Waals surface area (Å²) in [6.07, 6.45) is -4.71. The van der Waals surface area contributed by atoms with Crippen LogP contribution in [-0.2, 0) is 12.6 Å². The molecule has 1 aromatic carbocycles. The molecule has 4 heteroatoms. The molecule has 1 rings (SSSR count). The quantitative estimate of drug-likeness (QED) is 0.809. The Morgan fingerprint density at radius 3 is 2.40 bits per heavy atom. The van der Waals surface area contributed by atoms with Crippen molar-refractivity contribution in [1.82, 2.24) is 0 Å². The van der Waals surface area contributed by atoms with Gasteiger partial charge in [0.1, 0.15) is 0 Å². The van der Waals surface area contributed by atoms with Crippen molar-refractivity contribution in [3.05, 3.63) is 34.9 Å². The van der Waals surface area contributed by atoms with Crippen molar-refractivity contribution in [2.45, 2.75) is 32.5 Å². The lowest BCUT2D eigenvalue weighted by molar-refractivity contribution is -0.138. The van der Waals surface area contributed by atoms with E-state index in [0.29, 0.717) is 5.56 Å². The van der Waals surface area contributed by atoms with E-state index >= 15 is 0 Å². The number of alkyl halides is 3. The molecule has 0 fully saturated rings. The van der Waals surface area contributed by atoms with Crippen LogP contribution in [0.3, 0.4) is 0 Å². The van der Waals surface area contributed by atoms with Gasteiger partial charge in [0, 0.05) is 0 Å². The second-order valence-electron chi connectivity index (χ2n) is 3.70. The van der Waals surface area contributed by atoms with Gasteiger partial charge in [-0.2, -0.15) is 13.2 Å². The molecule has 0 saturated carbocycles. The van der Waals surface area contributed by atoms with E-state index in [2.05, 4.69) is 0 Å². The Bertz CT molecular complexity index is 342. The third-order valence-electron chi connectivity index (χ3n) is 2.14. The summed E-state index contributed by atoms with van der Waals surface area (Å²) in [5.74, 6) is 0. The molecule has 0 amide bonds. The van der Waals surface area contributed by atoms with E-state index in [1.54, 1.807) is 13.0 Å². The lowest BCUT2D eigenvalue weighted by atomic mass is 10.0. The minimum Gasteiger partial charge on any atom is -0.393 e. The molecule has 0 bridgehead atoms. The molecule has 0 aromatic heterocycles. The maximum Gasteiger partial charge on any atom is 0.416 e. The molecule has 1 N–H and O–H groups in total. The summed E-state index contributed by atoms with van der Waals surface area (Å²) in [6, 6.07) is 4.14. The van der Waals surface area contributed by atoms with Crippen LogP contribution in [0.1, 0.15) is 23.6 Å². The molecule has 0 aliphatic heterocycles. The van der Waals surface area contributed by atoms with Gasteiger partial charge < -0.3 is 5.11 Å². The van der Waals surface area contributed by atoms with Crippen LogP contribution in [-0.4, -0.2) is 11.2 Å². The van der Waals surface area contributed by atoms with Gasteiger partial charge in [0.2, 0.25) is 0 Å². The minimum absolute atomic E-state index is 0.205. The van der Waals surface area contributed by atoms with Crippen molar-refractivity contribution in [3.8, 4) is 0 Å². The summed E-state index contributed by atoms with van der Waals surface area (Å²) in [6.45, 7) is 2.97. The molecule has 1 atom stereocenters. The van der Waals surface area contributed by atoms with E-state index in [-0.39, 0.29) is 12.0 Å². The Balaban J connectivity index is 3.06. The zero-order chi connectivity index (χ0) is 11.6. The molecule has 0 spiro atoms. The second-order valence-corrected chi connectivity index (χ2v) is 3.70. The predicted octanol–water partition coefficient (Wildman–Crippen LogP) is 2.94. The van der Waals surface area contributed by atoms with Gasteiger partial charge in [-0.1, -0.05) is 12.1 Å². The fraction of sp³-hybridized carbons (Fsp3) is 0.455. The van der Waals surface area contributed by atoms with Crippen LogP contribution in [0.2, 0.25) is 0 Å². The fourth-order valence-corrected chi connectivity index (χ4v) is 1.44. The van der Waals surface area contributed by atoms with Gasteiger partial charge in [0.05, 0.1) is 11.7 Å². The van der Waals surface area contributed by atoms with Gasteiger partial charge in [0.25, 0.3) is 0 Å². The van der Waals surface area contributed by atoms with Gasteiger partial charge in [-0.15, -0.1) is 0 Å². The Hall–Kier alpha value is -1.03. The maximum absolute atomic E-state index is 12.5. The molecular formula is C11H13F3O. The number of benzene rings is 1. The van der Waals surface area contributed by atoms with E-state index in [4.69, 9.17) is 5.11 Å². The van der Waals surface area contributed by atoms with E-state index in [0.717, 1.165) is 6.07 Å². The van der Waals surface area contributed by atoms with Crippen LogP contribution in [0.15, 0.2) is 18.2 Å². The predicted molar refractivity (Wildman–Crippen MR) is 51.6 cm³/mol. The number of aliphatic hydroxyl groups excluding tert-OH is 1. The third-order valence-corrected chi connectivity index (χ3v) is 2.14. The van der Waals surface area contributed by atoms with Gasteiger partial charge in [-0.25, -0.2) is 0 Å². The van der Waals surface area contributed by atoms with E-state index in [1.165, 1.54) is 13.0 Å². The van der Waals surface area contributed by atoms with Crippen molar-refractivity contribution >= 4 is 0 Å². The average molecular weight is 218 g/mol. The lowest BCUT2D eigenvalue weighted by Gasteiger charge is -2.12. The van der Waals surface area contributed by atoms with Crippen LogP contribution in [0.25, 0.3) is 0 Å². The summed E-state index contributed by atoms with van der Waals surface area (Å²) in [7, 11) is 0. The summed E-state index contributed by atoms with van der Waals surface area (Å²) >= 11 is 0. The van der Waals surface area contributed by atoms with E-state index in [1.807, 2.05) is 0 Å². The number of aryl methyl sites for hydroxylation is 1. The molecule has 0 heterocycles. The SMILES string of the molecule is Cc1ccc(C[C@@H](C)O)cc1C(F)(F)F. The van der Waals surface area contributed by atoms with Crippen LogP contribution in [0.5, 0.6) is 0 Å². The zero-order valence-corrected chi connectivity index (χ0v) is 8.60. The largest absolute Gasteiger partial charge is 0.416 e. The molecule has 1 nitrogen and oxygen atoms in total. The first kappa shape index (κ1) is 12.0. The van der Waals surface area contributed by atoms with Crippen LogP contribution in [0, 0.1) is 6.92 Å². The first-order chi connectivity index (χ1) is 6.80. The maximum atomic E-state index is 12.5. The first-order valence-electron chi connectivity index (χ1n) is 4.65. The normalized spacial score (nSPS) is 14.0. The second kappa shape index (κ2) is 4.23. The summed E-state index contributed by atoms with van der Waals surface area (Å²) in [5, 5.41) is 9.09. The van der Waals surface area contributed by atoms with Crippen LogP contribution in [0.4, 0.5) is 13.2 Å². The van der Waals surface area contributed by atoms with E-state index < -0.39 is 17.8 Å². The Kier molecular flexibility index (Phi) is 3.39. The molecule has 84 valence electrons. The number of halogens is 3. The highest BCUT2D eigenvalue weighted by Crippen LogP contribution is 2.32. The summed E-state index contributed by atoms with van der Waals surface area (Å²) in [5.41, 5.74) is 0.0837. The topological polar surface area (TPSA) is 20.2 Å². The Labute approximate surface area is 86.5 Å². The highest BCUT2D eigenvalue weighted by atomic mass is 19.4.